The summed E-state index contributed by atoms with van der Waals surface area (Å²) in [7, 11) is -1.54. The standard InChI is InChI=1S/C22H21BrOSi/c1-25(2,3)19-15-14-18(22(24)17-12-8-5-9-13-17)20(21(19)23)16-10-6-4-7-11-16/h4-15H,1-3H3. The quantitative estimate of drug-likeness (QED) is 0.388. The molecule has 0 saturated carbocycles. The molecule has 0 amide bonds. The van der Waals surface area contributed by atoms with E-state index in [1.807, 2.05) is 54.6 Å². The van der Waals surface area contributed by atoms with Crippen molar-refractivity contribution >= 4 is 35.0 Å². The summed E-state index contributed by atoms with van der Waals surface area (Å²) in [6, 6.07) is 23.8. The SMILES string of the molecule is C[Si](C)(C)c1ccc(C(=O)c2ccccc2)c(-c2ccccc2)c1Br. The number of carbonyl (C=O) groups is 1. The molecule has 0 aromatic heterocycles. The predicted molar refractivity (Wildman–Crippen MR) is 112 cm³/mol. The highest BCUT2D eigenvalue weighted by Crippen LogP contribution is 2.33. The Kier molecular flexibility index (Phi) is 5.07. The Hall–Kier alpha value is -1.97. The summed E-state index contributed by atoms with van der Waals surface area (Å²) in [5.41, 5.74) is 3.52. The van der Waals surface area contributed by atoms with Crippen molar-refractivity contribution in [1.82, 2.24) is 0 Å². The first-order valence-electron chi connectivity index (χ1n) is 8.38. The smallest absolute Gasteiger partial charge is 0.193 e. The third-order valence-corrected chi connectivity index (χ3v) is 7.52. The monoisotopic (exact) mass is 408 g/mol. The molecule has 3 heteroatoms. The first-order chi connectivity index (χ1) is 11.9. The predicted octanol–water partition coefficient (Wildman–Crippen LogP) is 5.89. The number of hydrogen-bond acceptors (Lipinski definition) is 1. The van der Waals surface area contributed by atoms with Crippen molar-refractivity contribution in [1.29, 1.82) is 0 Å². The Morgan fingerprint density at radius 3 is 1.92 bits per heavy atom. The molecule has 3 rings (SSSR count). The molecular weight excluding hydrogens is 388 g/mol. The Morgan fingerprint density at radius 2 is 1.36 bits per heavy atom. The summed E-state index contributed by atoms with van der Waals surface area (Å²) in [4.78, 5) is 13.1. The van der Waals surface area contributed by atoms with Crippen LogP contribution in [-0.2, 0) is 0 Å². The van der Waals surface area contributed by atoms with E-state index in [4.69, 9.17) is 0 Å². The second-order valence-electron chi connectivity index (χ2n) is 7.16. The van der Waals surface area contributed by atoms with Crippen molar-refractivity contribution in [2.24, 2.45) is 0 Å². The average Bonchev–Trinajstić information content (AvgIpc) is 2.61. The molecule has 0 N–H and O–H groups in total. The van der Waals surface area contributed by atoms with E-state index in [-0.39, 0.29) is 5.78 Å². The molecule has 0 aliphatic rings. The highest BCUT2D eigenvalue weighted by atomic mass is 79.9. The summed E-state index contributed by atoms with van der Waals surface area (Å²) in [5, 5.41) is 1.33. The van der Waals surface area contributed by atoms with Gasteiger partial charge in [-0.25, -0.2) is 0 Å². The lowest BCUT2D eigenvalue weighted by Gasteiger charge is -2.22. The van der Waals surface area contributed by atoms with Gasteiger partial charge in [-0.1, -0.05) is 108 Å². The van der Waals surface area contributed by atoms with Crippen LogP contribution in [0.25, 0.3) is 11.1 Å². The maximum Gasteiger partial charge on any atom is 0.193 e. The molecule has 3 aromatic rings. The molecule has 0 saturated heterocycles. The van der Waals surface area contributed by atoms with E-state index in [0.717, 1.165) is 21.2 Å². The molecule has 0 unspecified atom stereocenters. The Morgan fingerprint density at radius 1 is 0.800 bits per heavy atom. The van der Waals surface area contributed by atoms with Gasteiger partial charge < -0.3 is 0 Å². The lowest BCUT2D eigenvalue weighted by molar-refractivity contribution is 0.103. The Labute approximate surface area is 158 Å². The van der Waals surface area contributed by atoms with Gasteiger partial charge in [-0.3, -0.25) is 4.79 Å². The summed E-state index contributed by atoms with van der Waals surface area (Å²) in [6.07, 6.45) is 0. The molecule has 0 atom stereocenters. The Bertz CT molecular complexity index is 897. The third-order valence-electron chi connectivity index (χ3n) is 4.29. The van der Waals surface area contributed by atoms with Crippen LogP contribution >= 0.6 is 15.9 Å². The van der Waals surface area contributed by atoms with Crippen LogP contribution in [0, 0.1) is 0 Å². The van der Waals surface area contributed by atoms with Crippen LogP contribution in [-0.4, -0.2) is 13.9 Å². The van der Waals surface area contributed by atoms with Crippen LogP contribution in [0.2, 0.25) is 19.6 Å². The molecule has 0 heterocycles. The fraction of sp³-hybridized carbons (Fsp3) is 0.136. The van der Waals surface area contributed by atoms with Crippen LogP contribution in [0.1, 0.15) is 15.9 Å². The van der Waals surface area contributed by atoms with Crippen molar-refractivity contribution in [2.75, 3.05) is 0 Å². The molecule has 0 bridgehead atoms. The number of benzene rings is 3. The summed E-state index contributed by atoms with van der Waals surface area (Å²) >= 11 is 3.83. The minimum absolute atomic E-state index is 0.0577. The second kappa shape index (κ2) is 7.10. The van der Waals surface area contributed by atoms with Gasteiger partial charge in [0, 0.05) is 21.2 Å². The van der Waals surface area contributed by atoms with Crippen LogP contribution in [0.4, 0.5) is 0 Å². The van der Waals surface area contributed by atoms with E-state index in [1.54, 1.807) is 0 Å². The van der Waals surface area contributed by atoms with E-state index >= 15 is 0 Å². The molecule has 1 nitrogen and oxygen atoms in total. The fourth-order valence-electron chi connectivity index (χ4n) is 2.98. The number of hydrogen-bond donors (Lipinski definition) is 0. The van der Waals surface area contributed by atoms with E-state index in [0.29, 0.717) is 5.56 Å². The number of carbonyl (C=O) groups excluding carboxylic acids is 1. The van der Waals surface area contributed by atoms with Crippen LogP contribution in [0.5, 0.6) is 0 Å². The molecular formula is C22H21BrOSi. The highest BCUT2D eigenvalue weighted by Gasteiger charge is 2.25. The normalized spacial score (nSPS) is 11.4. The largest absolute Gasteiger partial charge is 0.289 e. The van der Waals surface area contributed by atoms with Crippen LogP contribution in [0.3, 0.4) is 0 Å². The maximum absolute atomic E-state index is 13.1. The van der Waals surface area contributed by atoms with Crippen molar-refractivity contribution in [3.05, 3.63) is 88.4 Å². The van der Waals surface area contributed by atoms with Crippen molar-refractivity contribution in [3.8, 4) is 11.1 Å². The molecule has 25 heavy (non-hydrogen) atoms. The zero-order valence-corrected chi connectivity index (χ0v) is 17.3. The number of ketones is 1. The van der Waals surface area contributed by atoms with Crippen LogP contribution < -0.4 is 5.19 Å². The van der Waals surface area contributed by atoms with Gasteiger partial charge in [0.15, 0.2) is 5.78 Å². The summed E-state index contributed by atoms with van der Waals surface area (Å²) < 4.78 is 1.06. The molecule has 126 valence electrons. The van der Waals surface area contributed by atoms with Gasteiger partial charge in [0.1, 0.15) is 0 Å². The lowest BCUT2D eigenvalue weighted by Crippen LogP contribution is -2.39. The van der Waals surface area contributed by atoms with Gasteiger partial charge >= 0.3 is 0 Å². The zero-order chi connectivity index (χ0) is 18.0. The van der Waals surface area contributed by atoms with Gasteiger partial charge in [-0.2, -0.15) is 0 Å². The molecule has 0 fully saturated rings. The average molecular weight is 409 g/mol. The first kappa shape index (κ1) is 17.8. The summed E-state index contributed by atoms with van der Waals surface area (Å²) in [6.45, 7) is 6.96. The lowest BCUT2D eigenvalue weighted by atomic mass is 9.94. The Balaban J connectivity index is 2.26. The molecule has 0 spiro atoms. The molecule has 0 aliphatic heterocycles. The van der Waals surface area contributed by atoms with Crippen LogP contribution in [0.15, 0.2) is 77.3 Å². The van der Waals surface area contributed by atoms with Crippen molar-refractivity contribution < 1.29 is 4.79 Å². The van der Waals surface area contributed by atoms with Crippen molar-refractivity contribution in [3.63, 3.8) is 0 Å². The van der Waals surface area contributed by atoms with E-state index in [2.05, 4.69) is 53.8 Å². The van der Waals surface area contributed by atoms with E-state index < -0.39 is 8.07 Å². The number of halogens is 1. The van der Waals surface area contributed by atoms with Crippen molar-refractivity contribution in [2.45, 2.75) is 19.6 Å². The van der Waals surface area contributed by atoms with Gasteiger partial charge in [-0.05, 0) is 10.8 Å². The number of rotatable bonds is 4. The minimum atomic E-state index is -1.54. The topological polar surface area (TPSA) is 17.1 Å². The molecule has 0 aliphatic carbocycles. The fourth-order valence-corrected chi connectivity index (χ4v) is 6.70. The maximum atomic E-state index is 13.1. The first-order valence-corrected chi connectivity index (χ1v) is 12.7. The second-order valence-corrected chi connectivity index (χ2v) is 13.0. The van der Waals surface area contributed by atoms with Gasteiger partial charge in [0.05, 0.1) is 8.07 Å². The van der Waals surface area contributed by atoms with Gasteiger partial charge in [-0.15, -0.1) is 0 Å². The highest BCUT2D eigenvalue weighted by molar-refractivity contribution is 9.10. The minimum Gasteiger partial charge on any atom is -0.289 e. The molecule has 3 aromatic carbocycles. The van der Waals surface area contributed by atoms with E-state index in [9.17, 15) is 4.79 Å². The zero-order valence-electron chi connectivity index (χ0n) is 14.7. The molecule has 0 radical (unpaired) electrons. The van der Waals surface area contributed by atoms with E-state index in [1.165, 1.54) is 5.19 Å². The third kappa shape index (κ3) is 3.68. The van der Waals surface area contributed by atoms with Gasteiger partial charge in [0.25, 0.3) is 0 Å². The van der Waals surface area contributed by atoms with Gasteiger partial charge in [0.2, 0.25) is 0 Å². The summed E-state index contributed by atoms with van der Waals surface area (Å²) in [5.74, 6) is 0.0577.